The molecule has 0 aliphatic heterocycles. The summed E-state index contributed by atoms with van der Waals surface area (Å²) in [7, 11) is -1.95. The molecule has 0 radical (unpaired) electrons. The molecule has 0 saturated carbocycles. The highest BCUT2D eigenvalue weighted by Gasteiger charge is 2.12. The average Bonchev–Trinajstić information content (AvgIpc) is 2.32. The lowest BCUT2D eigenvalue weighted by atomic mass is 10.2. The summed E-state index contributed by atoms with van der Waals surface area (Å²) in [5.41, 5.74) is 0.520. The van der Waals surface area contributed by atoms with Crippen molar-refractivity contribution in [1.29, 1.82) is 0 Å². The third-order valence-electron chi connectivity index (χ3n) is 2.14. The predicted octanol–water partition coefficient (Wildman–Crippen LogP) is 1.33. The summed E-state index contributed by atoms with van der Waals surface area (Å²) in [6, 6.07) is 5.34. The molecule has 0 atom stereocenters. The maximum atomic E-state index is 11.8. The van der Waals surface area contributed by atoms with E-state index in [1.165, 1.54) is 7.05 Å². The molecule has 0 bridgehead atoms. The van der Waals surface area contributed by atoms with Crippen LogP contribution >= 0.6 is 38.5 Å². The van der Waals surface area contributed by atoms with Gasteiger partial charge in [0.1, 0.15) is 0 Å². The van der Waals surface area contributed by atoms with E-state index in [9.17, 15) is 13.2 Å². The van der Waals surface area contributed by atoms with E-state index in [1.807, 2.05) is 12.1 Å². The van der Waals surface area contributed by atoms with Gasteiger partial charge in [0.15, 0.2) is 0 Å². The van der Waals surface area contributed by atoms with Crippen molar-refractivity contribution in [3.05, 3.63) is 31.8 Å². The molecule has 0 aliphatic rings. The van der Waals surface area contributed by atoms with Crippen molar-refractivity contribution in [3.8, 4) is 0 Å². The number of carbonyl (C=O) groups excluding carboxylic acids is 1. The molecule has 1 rings (SSSR count). The summed E-state index contributed by atoms with van der Waals surface area (Å²) in [6.45, 7) is 0.0740. The van der Waals surface area contributed by atoms with E-state index < -0.39 is 10.0 Å². The van der Waals surface area contributed by atoms with Crippen LogP contribution in [0.3, 0.4) is 0 Å². The summed E-state index contributed by atoms with van der Waals surface area (Å²) in [6.07, 6.45) is 0. The van der Waals surface area contributed by atoms with Gasteiger partial charge in [-0.15, -0.1) is 0 Å². The Hall–Kier alpha value is -0.190. The van der Waals surface area contributed by atoms with Crippen LogP contribution in [0.2, 0.25) is 0 Å². The highest BCUT2D eigenvalue weighted by molar-refractivity contribution is 14.1. The molecular formula is C10H12BrIN2O3S. The van der Waals surface area contributed by atoms with E-state index in [2.05, 4.69) is 48.6 Å². The molecule has 1 aromatic rings. The van der Waals surface area contributed by atoms with Crippen LogP contribution in [0.25, 0.3) is 0 Å². The highest BCUT2D eigenvalue weighted by Crippen LogP contribution is 2.18. The molecule has 0 heterocycles. The average molecular weight is 447 g/mol. The first-order valence-corrected chi connectivity index (χ1v) is 8.52. The van der Waals surface area contributed by atoms with Gasteiger partial charge in [0.25, 0.3) is 5.91 Å². The molecule has 0 fully saturated rings. The zero-order valence-electron chi connectivity index (χ0n) is 9.54. The first-order valence-electron chi connectivity index (χ1n) is 5.00. The lowest BCUT2D eigenvalue weighted by molar-refractivity contribution is 0.0955. The van der Waals surface area contributed by atoms with Crippen LogP contribution in [0.1, 0.15) is 10.4 Å². The summed E-state index contributed by atoms with van der Waals surface area (Å²) < 4.78 is 26.1. The smallest absolute Gasteiger partial charge is 0.252 e. The van der Waals surface area contributed by atoms with Gasteiger partial charge in [0.05, 0.1) is 11.3 Å². The number of sulfonamides is 1. The third-order valence-corrected chi connectivity index (χ3v) is 4.94. The van der Waals surface area contributed by atoms with Crippen molar-refractivity contribution in [3.63, 3.8) is 0 Å². The SMILES string of the molecule is CNS(=O)(=O)CCNC(=O)c1cc(Br)ccc1I. The topological polar surface area (TPSA) is 75.3 Å². The van der Waals surface area contributed by atoms with Crippen molar-refractivity contribution in [2.24, 2.45) is 0 Å². The number of hydrogen-bond acceptors (Lipinski definition) is 3. The van der Waals surface area contributed by atoms with Gasteiger partial charge in [-0.3, -0.25) is 4.79 Å². The molecule has 8 heteroatoms. The molecule has 0 aliphatic carbocycles. The zero-order valence-corrected chi connectivity index (χ0v) is 14.1. The molecule has 0 aromatic heterocycles. The second kappa shape index (κ2) is 6.83. The molecule has 1 aromatic carbocycles. The minimum atomic E-state index is -3.29. The second-order valence-corrected chi connectivity index (χ2v) is 7.53. The van der Waals surface area contributed by atoms with E-state index in [1.54, 1.807) is 6.07 Å². The van der Waals surface area contributed by atoms with Crippen molar-refractivity contribution in [2.45, 2.75) is 0 Å². The number of amides is 1. The minimum absolute atomic E-state index is 0.0740. The number of halogens is 2. The molecule has 5 nitrogen and oxygen atoms in total. The lowest BCUT2D eigenvalue weighted by Crippen LogP contribution is -2.33. The van der Waals surface area contributed by atoms with Crippen LogP contribution in [-0.4, -0.2) is 33.7 Å². The maximum Gasteiger partial charge on any atom is 0.252 e. The number of nitrogens with one attached hydrogen (secondary N) is 2. The van der Waals surface area contributed by atoms with Gasteiger partial charge >= 0.3 is 0 Å². The molecule has 1 amide bonds. The second-order valence-electron chi connectivity index (χ2n) is 3.40. The zero-order chi connectivity index (χ0) is 13.8. The lowest BCUT2D eigenvalue weighted by Gasteiger charge is -2.07. The van der Waals surface area contributed by atoms with Gasteiger partial charge in [0, 0.05) is 14.6 Å². The number of hydrogen-bond donors (Lipinski definition) is 2. The summed E-state index contributed by atoms with van der Waals surface area (Å²) in [5, 5.41) is 2.57. The maximum absolute atomic E-state index is 11.8. The standard InChI is InChI=1S/C10H12BrIN2O3S/c1-13-18(16,17)5-4-14-10(15)8-6-7(11)2-3-9(8)12/h2-3,6,13H,4-5H2,1H3,(H,14,15). The van der Waals surface area contributed by atoms with Gasteiger partial charge in [-0.2, -0.15) is 0 Å². The monoisotopic (exact) mass is 446 g/mol. The Morgan fingerprint density at radius 2 is 2.11 bits per heavy atom. The van der Waals surface area contributed by atoms with E-state index in [0.717, 1.165) is 8.04 Å². The first-order chi connectivity index (χ1) is 8.35. The molecular weight excluding hydrogens is 435 g/mol. The van der Waals surface area contributed by atoms with Crippen molar-refractivity contribution < 1.29 is 13.2 Å². The van der Waals surface area contributed by atoms with Crippen molar-refractivity contribution in [1.82, 2.24) is 10.0 Å². The Morgan fingerprint density at radius 1 is 1.44 bits per heavy atom. The molecule has 100 valence electrons. The summed E-state index contributed by atoms with van der Waals surface area (Å²) >= 11 is 5.34. The minimum Gasteiger partial charge on any atom is -0.351 e. The molecule has 2 N–H and O–H groups in total. The first kappa shape index (κ1) is 15.9. The van der Waals surface area contributed by atoms with E-state index in [-0.39, 0.29) is 18.2 Å². The number of rotatable bonds is 5. The summed E-state index contributed by atoms with van der Waals surface area (Å²) in [5.74, 6) is -0.424. The van der Waals surface area contributed by atoms with E-state index in [4.69, 9.17) is 0 Å². The quantitative estimate of drug-likeness (QED) is 0.670. The van der Waals surface area contributed by atoms with Gasteiger partial charge in [-0.25, -0.2) is 13.1 Å². The fourth-order valence-corrected chi connectivity index (χ4v) is 2.68. The van der Waals surface area contributed by atoms with E-state index in [0.29, 0.717) is 5.56 Å². The number of benzene rings is 1. The molecule has 0 unspecified atom stereocenters. The molecule has 18 heavy (non-hydrogen) atoms. The normalized spacial score (nSPS) is 11.3. The Morgan fingerprint density at radius 3 is 2.72 bits per heavy atom. The van der Waals surface area contributed by atoms with Crippen LogP contribution in [0.5, 0.6) is 0 Å². The van der Waals surface area contributed by atoms with Crippen LogP contribution in [0.15, 0.2) is 22.7 Å². The van der Waals surface area contributed by atoms with Crippen molar-refractivity contribution >= 4 is 54.5 Å². The van der Waals surface area contributed by atoms with Crippen LogP contribution in [0, 0.1) is 3.57 Å². The summed E-state index contributed by atoms with van der Waals surface area (Å²) in [4.78, 5) is 11.8. The third kappa shape index (κ3) is 4.82. The molecule has 0 spiro atoms. The Labute approximate surface area is 128 Å². The Bertz CT molecular complexity index is 548. The van der Waals surface area contributed by atoms with Crippen LogP contribution < -0.4 is 10.0 Å². The van der Waals surface area contributed by atoms with Gasteiger partial charge < -0.3 is 5.32 Å². The van der Waals surface area contributed by atoms with Gasteiger partial charge in [-0.1, -0.05) is 15.9 Å². The fraction of sp³-hybridized carbons (Fsp3) is 0.300. The van der Waals surface area contributed by atoms with Crippen LogP contribution in [-0.2, 0) is 10.0 Å². The largest absolute Gasteiger partial charge is 0.351 e. The van der Waals surface area contributed by atoms with Gasteiger partial charge in [-0.05, 0) is 47.8 Å². The predicted molar refractivity (Wildman–Crippen MR) is 82.0 cm³/mol. The number of carbonyl (C=O) groups is 1. The fourth-order valence-electron chi connectivity index (χ4n) is 1.17. The van der Waals surface area contributed by atoms with Crippen LogP contribution in [0.4, 0.5) is 0 Å². The molecule has 0 saturated heterocycles. The Kier molecular flexibility index (Phi) is 6.02. The van der Waals surface area contributed by atoms with Gasteiger partial charge in [0.2, 0.25) is 10.0 Å². The highest BCUT2D eigenvalue weighted by atomic mass is 127. The van der Waals surface area contributed by atoms with Crippen molar-refractivity contribution in [2.75, 3.05) is 19.3 Å². The Balaban J connectivity index is 2.64. The van der Waals surface area contributed by atoms with E-state index >= 15 is 0 Å².